The highest BCUT2D eigenvalue weighted by Gasteiger charge is 2.34. The Morgan fingerprint density at radius 2 is 1.89 bits per heavy atom. The van der Waals surface area contributed by atoms with Crippen LogP contribution in [0, 0.1) is 0 Å². The maximum absolute atomic E-state index is 13.2. The summed E-state index contributed by atoms with van der Waals surface area (Å²) < 4.78 is 46.8. The van der Waals surface area contributed by atoms with Crippen LogP contribution in [0.5, 0.6) is 5.75 Å². The van der Waals surface area contributed by atoms with Crippen molar-refractivity contribution in [3.05, 3.63) is 69.6 Å². The predicted octanol–water partition coefficient (Wildman–Crippen LogP) is 5.64. The lowest BCUT2D eigenvalue weighted by Crippen LogP contribution is -2.32. The largest absolute Gasteiger partial charge is 0.483 e. The van der Waals surface area contributed by atoms with Crippen molar-refractivity contribution in [2.45, 2.75) is 44.9 Å². The number of unbranched alkanes of at least 4 members (excludes halogenated alkanes) is 1. The lowest BCUT2D eigenvalue weighted by atomic mass is 9.97. The minimum Gasteiger partial charge on any atom is -0.483 e. The van der Waals surface area contributed by atoms with E-state index in [1.54, 1.807) is 32.2 Å². The van der Waals surface area contributed by atoms with Gasteiger partial charge in [0.05, 0.1) is 11.3 Å². The van der Waals surface area contributed by atoms with Gasteiger partial charge in [-0.25, -0.2) is 0 Å². The van der Waals surface area contributed by atoms with Crippen LogP contribution in [0.15, 0.2) is 47.4 Å². The molecule has 2 heterocycles. The number of fused-ring (bicyclic) bond motifs is 1. The van der Waals surface area contributed by atoms with Gasteiger partial charge in [0.25, 0.3) is 5.56 Å². The molecule has 1 aromatic carbocycles. The van der Waals surface area contributed by atoms with Gasteiger partial charge in [-0.2, -0.15) is 13.2 Å². The first-order valence-corrected chi connectivity index (χ1v) is 10.1. The third-order valence-corrected chi connectivity index (χ3v) is 5.09. The third-order valence-electron chi connectivity index (χ3n) is 4.53. The zero-order valence-corrected chi connectivity index (χ0v) is 17.2. The molecule has 1 aliphatic heterocycles. The third kappa shape index (κ3) is 4.51. The number of hydrogen-bond acceptors (Lipinski definition) is 2. The number of pyridine rings is 1. The van der Waals surface area contributed by atoms with Crippen molar-refractivity contribution in [3.63, 3.8) is 0 Å². The Hall–Kier alpha value is -2.02. The standard InChI is InChI=1S/C21H21BrF3NO2/c1-20(2)13-17(16-12-15(21(23,24)25)6-7-18(16)28-20)26-10-8-14(11-19(26)27)5-3-4-9-22/h6-8,10-13H,3-5,9H2,1-2H3. The number of aromatic nitrogens is 1. The van der Waals surface area contributed by atoms with E-state index >= 15 is 0 Å². The van der Waals surface area contributed by atoms with Crippen molar-refractivity contribution in [2.24, 2.45) is 0 Å². The number of ether oxygens (including phenoxy) is 1. The number of aryl methyl sites for hydroxylation is 1. The quantitative estimate of drug-likeness (QED) is 0.431. The first-order chi connectivity index (χ1) is 13.1. The van der Waals surface area contributed by atoms with Gasteiger partial charge in [-0.05, 0) is 69.0 Å². The molecule has 0 radical (unpaired) electrons. The van der Waals surface area contributed by atoms with E-state index in [2.05, 4.69) is 15.9 Å². The molecule has 0 bridgehead atoms. The highest BCUT2D eigenvalue weighted by Crippen LogP contribution is 2.40. The van der Waals surface area contributed by atoms with Crippen LogP contribution in [-0.4, -0.2) is 15.5 Å². The molecule has 1 aromatic heterocycles. The fraction of sp³-hybridized carbons (Fsp3) is 0.381. The van der Waals surface area contributed by atoms with Gasteiger partial charge in [0.2, 0.25) is 0 Å². The lowest BCUT2D eigenvalue weighted by Gasteiger charge is -2.32. The van der Waals surface area contributed by atoms with Crippen LogP contribution in [0.4, 0.5) is 13.2 Å². The molecule has 0 spiro atoms. The molecule has 0 fully saturated rings. The first kappa shape index (κ1) is 20.7. The van der Waals surface area contributed by atoms with Crippen molar-refractivity contribution in [1.82, 2.24) is 4.57 Å². The molecule has 0 N–H and O–H groups in total. The Labute approximate surface area is 170 Å². The minimum atomic E-state index is -4.47. The molecule has 150 valence electrons. The summed E-state index contributed by atoms with van der Waals surface area (Å²) in [6.45, 7) is 3.60. The van der Waals surface area contributed by atoms with Crippen molar-refractivity contribution in [1.29, 1.82) is 0 Å². The molecular weight excluding hydrogens is 435 g/mol. The number of alkyl halides is 4. The van der Waals surface area contributed by atoms with E-state index in [-0.39, 0.29) is 11.1 Å². The topological polar surface area (TPSA) is 31.2 Å². The van der Waals surface area contributed by atoms with Gasteiger partial charge in [0.1, 0.15) is 11.4 Å². The van der Waals surface area contributed by atoms with E-state index in [1.807, 2.05) is 6.07 Å². The molecular formula is C21H21BrF3NO2. The van der Waals surface area contributed by atoms with Crippen LogP contribution >= 0.6 is 15.9 Å². The molecule has 3 nitrogen and oxygen atoms in total. The second kappa shape index (κ2) is 7.78. The van der Waals surface area contributed by atoms with Crippen LogP contribution in [0.2, 0.25) is 0 Å². The summed E-state index contributed by atoms with van der Waals surface area (Å²) in [7, 11) is 0. The number of hydrogen-bond donors (Lipinski definition) is 0. The Morgan fingerprint density at radius 3 is 2.54 bits per heavy atom. The number of halogens is 4. The SMILES string of the molecule is CC1(C)C=C(n2ccc(CCCCBr)cc2=O)c2cc(C(F)(F)F)ccc2O1. The van der Waals surface area contributed by atoms with Crippen molar-refractivity contribution < 1.29 is 17.9 Å². The van der Waals surface area contributed by atoms with E-state index in [4.69, 9.17) is 4.74 Å². The molecule has 0 aliphatic carbocycles. The van der Waals surface area contributed by atoms with E-state index in [9.17, 15) is 18.0 Å². The molecule has 0 unspecified atom stereocenters. The molecule has 2 aromatic rings. The highest BCUT2D eigenvalue weighted by molar-refractivity contribution is 9.09. The molecule has 7 heteroatoms. The van der Waals surface area contributed by atoms with Crippen molar-refractivity contribution in [3.8, 4) is 5.75 Å². The summed E-state index contributed by atoms with van der Waals surface area (Å²) in [5.41, 5.74) is -0.240. The fourth-order valence-electron chi connectivity index (χ4n) is 3.21. The van der Waals surface area contributed by atoms with E-state index < -0.39 is 17.3 Å². The van der Waals surface area contributed by atoms with Gasteiger partial charge in [-0.15, -0.1) is 0 Å². The number of benzene rings is 1. The van der Waals surface area contributed by atoms with Crippen molar-refractivity contribution in [2.75, 3.05) is 5.33 Å². The smallest absolute Gasteiger partial charge is 0.416 e. The molecule has 0 saturated heterocycles. The van der Waals surface area contributed by atoms with E-state index in [0.717, 1.165) is 42.3 Å². The molecule has 0 saturated carbocycles. The van der Waals surface area contributed by atoms with Crippen LogP contribution < -0.4 is 10.3 Å². The summed E-state index contributed by atoms with van der Waals surface area (Å²) in [6.07, 6.45) is 1.58. The highest BCUT2D eigenvalue weighted by atomic mass is 79.9. The van der Waals surface area contributed by atoms with E-state index in [0.29, 0.717) is 11.4 Å². The summed E-state index contributed by atoms with van der Waals surface area (Å²) in [5, 5.41) is 0.907. The maximum atomic E-state index is 13.2. The monoisotopic (exact) mass is 455 g/mol. The Balaban J connectivity index is 2.06. The van der Waals surface area contributed by atoms with Crippen molar-refractivity contribution >= 4 is 21.6 Å². The predicted molar refractivity (Wildman–Crippen MR) is 107 cm³/mol. The Morgan fingerprint density at radius 1 is 1.14 bits per heavy atom. The molecule has 0 amide bonds. The average Bonchev–Trinajstić information content (AvgIpc) is 2.59. The number of nitrogens with zero attached hydrogens (tertiary/aromatic N) is 1. The molecule has 1 aliphatic rings. The summed E-state index contributed by atoms with van der Waals surface area (Å²) in [5.74, 6) is 0.323. The maximum Gasteiger partial charge on any atom is 0.416 e. The normalized spacial score (nSPS) is 15.6. The van der Waals surface area contributed by atoms with Gasteiger partial charge in [0, 0.05) is 23.2 Å². The number of rotatable bonds is 5. The van der Waals surface area contributed by atoms with Gasteiger partial charge in [-0.3, -0.25) is 9.36 Å². The first-order valence-electron chi connectivity index (χ1n) is 9.02. The summed E-state index contributed by atoms with van der Waals surface area (Å²) in [4.78, 5) is 12.7. The van der Waals surface area contributed by atoms with Crippen LogP contribution in [0.3, 0.4) is 0 Å². The Bertz CT molecular complexity index is 961. The van der Waals surface area contributed by atoms with E-state index in [1.165, 1.54) is 10.6 Å². The second-order valence-electron chi connectivity index (χ2n) is 7.33. The zero-order chi connectivity index (χ0) is 20.5. The minimum absolute atomic E-state index is 0.253. The van der Waals surface area contributed by atoms with Gasteiger partial charge in [0.15, 0.2) is 0 Å². The summed E-state index contributed by atoms with van der Waals surface area (Å²) >= 11 is 3.38. The second-order valence-corrected chi connectivity index (χ2v) is 8.13. The van der Waals surface area contributed by atoms with Crippen LogP contribution in [-0.2, 0) is 12.6 Å². The lowest BCUT2D eigenvalue weighted by molar-refractivity contribution is -0.137. The molecule has 28 heavy (non-hydrogen) atoms. The van der Waals surface area contributed by atoms with Crippen LogP contribution in [0.25, 0.3) is 5.70 Å². The van der Waals surface area contributed by atoms with Crippen LogP contribution in [0.1, 0.15) is 43.4 Å². The fourth-order valence-corrected chi connectivity index (χ4v) is 3.61. The average molecular weight is 456 g/mol. The Kier molecular flexibility index (Phi) is 5.75. The van der Waals surface area contributed by atoms with Gasteiger partial charge in [-0.1, -0.05) is 15.9 Å². The van der Waals surface area contributed by atoms with Gasteiger partial charge >= 0.3 is 6.18 Å². The molecule has 3 rings (SSSR count). The molecule has 0 atom stereocenters. The van der Waals surface area contributed by atoms with Gasteiger partial charge < -0.3 is 4.74 Å². The zero-order valence-electron chi connectivity index (χ0n) is 15.6. The summed E-state index contributed by atoms with van der Waals surface area (Å²) in [6, 6.07) is 6.73.